The van der Waals surface area contributed by atoms with Gasteiger partial charge in [0.25, 0.3) is 0 Å². The predicted octanol–water partition coefficient (Wildman–Crippen LogP) is 1.14. The number of piperazine rings is 1. The lowest BCUT2D eigenvalue weighted by Crippen LogP contribution is -2.49. The van der Waals surface area contributed by atoms with Crippen LogP contribution in [-0.4, -0.2) is 67.5 Å². The smallest absolute Gasteiger partial charge is 0.376 e. The lowest BCUT2D eigenvalue weighted by Gasteiger charge is -2.35. The van der Waals surface area contributed by atoms with Crippen molar-refractivity contribution in [3.63, 3.8) is 0 Å². The van der Waals surface area contributed by atoms with Crippen LogP contribution in [0, 0.1) is 0 Å². The van der Waals surface area contributed by atoms with E-state index in [0.29, 0.717) is 18.9 Å². The number of anilines is 2. The maximum Gasteiger partial charge on any atom is 0.397 e. The van der Waals surface area contributed by atoms with Gasteiger partial charge in [-0.15, -0.1) is 5.10 Å². The third-order valence-corrected chi connectivity index (χ3v) is 3.45. The van der Waals surface area contributed by atoms with E-state index in [2.05, 4.69) is 10.2 Å². The van der Waals surface area contributed by atoms with E-state index in [1.807, 2.05) is 30.0 Å². The molecule has 1 aromatic rings. The molecule has 1 aromatic heterocycles. The molecule has 0 aliphatic carbocycles. The number of halogens is 3. The molecule has 0 saturated carbocycles. The van der Waals surface area contributed by atoms with Gasteiger partial charge in [0.15, 0.2) is 5.82 Å². The van der Waals surface area contributed by atoms with E-state index in [0.717, 1.165) is 5.69 Å². The third-order valence-electron chi connectivity index (χ3n) is 3.45. The summed E-state index contributed by atoms with van der Waals surface area (Å²) in [6.45, 7) is 1.38. The number of aromatic nitrogens is 2. The lowest BCUT2D eigenvalue weighted by atomic mass is 10.2. The quantitative estimate of drug-likeness (QED) is 0.837. The summed E-state index contributed by atoms with van der Waals surface area (Å²) >= 11 is 0. The van der Waals surface area contributed by atoms with Crippen molar-refractivity contribution < 1.29 is 18.0 Å². The van der Waals surface area contributed by atoms with Crippen LogP contribution in [0.5, 0.6) is 0 Å². The Bertz CT molecular complexity index is 527. The molecule has 0 bridgehead atoms. The predicted molar refractivity (Wildman–Crippen MR) is 75.8 cm³/mol. The van der Waals surface area contributed by atoms with Crippen LogP contribution in [0.4, 0.5) is 24.7 Å². The third kappa shape index (κ3) is 4.22. The molecule has 0 atom stereocenters. The van der Waals surface area contributed by atoms with Gasteiger partial charge in [-0.2, -0.15) is 18.3 Å². The molecule has 1 aliphatic rings. The minimum atomic E-state index is -4.46. The maximum atomic E-state index is 12.2. The molecule has 0 N–H and O–H groups in total. The van der Waals surface area contributed by atoms with Crippen LogP contribution in [0.3, 0.4) is 0 Å². The molecular weight excluding hydrogens is 299 g/mol. The zero-order chi connectivity index (χ0) is 16.3. The normalized spacial score (nSPS) is 15.9. The van der Waals surface area contributed by atoms with Crippen molar-refractivity contribution >= 4 is 17.4 Å². The van der Waals surface area contributed by atoms with E-state index in [1.165, 1.54) is 4.90 Å². The number of carbonyl (C=O) groups is 1. The van der Waals surface area contributed by atoms with Crippen molar-refractivity contribution in [2.75, 3.05) is 50.1 Å². The van der Waals surface area contributed by atoms with E-state index < -0.39 is 18.5 Å². The number of nitrogens with zero attached hydrogens (tertiary/aromatic N) is 5. The molecule has 1 fully saturated rings. The summed E-state index contributed by atoms with van der Waals surface area (Å²) < 4.78 is 36.7. The van der Waals surface area contributed by atoms with Gasteiger partial charge in [-0.05, 0) is 0 Å². The van der Waals surface area contributed by atoms with Gasteiger partial charge in [-0.25, -0.2) is 0 Å². The highest BCUT2D eigenvalue weighted by molar-refractivity contribution is 5.77. The molecule has 0 aromatic carbocycles. The van der Waals surface area contributed by atoms with Crippen LogP contribution < -0.4 is 9.80 Å². The first-order valence-electron chi connectivity index (χ1n) is 6.86. The first-order valence-corrected chi connectivity index (χ1v) is 6.86. The maximum absolute atomic E-state index is 12.2. The van der Waals surface area contributed by atoms with Gasteiger partial charge in [0.05, 0.1) is 11.9 Å². The summed E-state index contributed by atoms with van der Waals surface area (Å²) in [6, 6.07) is 1.86. The minimum Gasteiger partial charge on any atom is -0.376 e. The average molecular weight is 317 g/mol. The van der Waals surface area contributed by atoms with E-state index in [1.54, 1.807) is 6.20 Å². The summed E-state index contributed by atoms with van der Waals surface area (Å²) in [7, 11) is 3.77. The van der Waals surface area contributed by atoms with E-state index in [-0.39, 0.29) is 13.1 Å². The SMILES string of the molecule is CN(C)c1cnnc(N2CCN(C(=O)CC(F)(F)F)CC2)c1. The molecule has 0 radical (unpaired) electrons. The Morgan fingerprint density at radius 1 is 1.27 bits per heavy atom. The second-order valence-corrected chi connectivity index (χ2v) is 5.33. The molecule has 0 unspecified atom stereocenters. The lowest BCUT2D eigenvalue weighted by molar-refractivity contribution is -0.161. The summed E-state index contributed by atoms with van der Waals surface area (Å²) in [6.07, 6.45) is -4.23. The standard InChI is InChI=1S/C13H18F3N5O/c1-19(2)10-7-11(18-17-9-10)20-3-5-21(6-4-20)12(22)8-13(14,15)16/h7,9H,3-6,8H2,1-2H3. The van der Waals surface area contributed by atoms with Crippen LogP contribution in [-0.2, 0) is 4.79 Å². The van der Waals surface area contributed by atoms with Gasteiger partial charge < -0.3 is 14.7 Å². The molecule has 2 heterocycles. The zero-order valence-corrected chi connectivity index (χ0v) is 12.5. The molecule has 2 rings (SSSR count). The van der Waals surface area contributed by atoms with Crippen LogP contribution in [0.15, 0.2) is 12.3 Å². The first-order chi connectivity index (χ1) is 10.3. The van der Waals surface area contributed by atoms with Crippen molar-refractivity contribution in [1.82, 2.24) is 15.1 Å². The Morgan fingerprint density at radius 2 is 1.91 bits per heavy atom. The Balaban J connectivity index is 1.95. The molecule has 1 saturated heterocycles. The average Bonchev–Trinajstić information content (AvgIpc) is 2.46. The molecule has 6 nitrogen and oxygen atoms in total. The van der Waals surface area contributed by atoms with Crippen LogP contribution in [0.2, 0.25) is 0 Å². The van der Waals surface area contributed by atoms with Crippen LogP contribution in [0.1, 0.15) is 6.42 Å². The summed E-state index contributed by atoms with van der Waals surface area (Å²) in [4.78, 5) is 16.6. The van der Waals surface area contributed by atoms with Gasteiger partial charge in [0, 0.05) is 46.3 Å². The molecule has 1 amide bonds. The topological polar surface area (TPSA) is 52.6 Å². The number of alkyl halides is 3. The number of carbonyl (C=O) groups excluding carboxylic acids is 1. The fraction of sp³-hybridized carbons (Fsp3) is 0.615. The number of hydrogen-bond donors (Lipinski definition) is 0. The second kappa shape index (κ2) is 6.37. The molecule has 122 valence electrons. The van der Waals surface area contributed by atoms with Crippen molar-refractivity contribution in [1.29, 1.82) is 0 Å². The van der Waals surface area contributed by atoms with Crippen molar-refractivity contribution in [2.24, 2.45) is 0 Å². The van der Waals surface area contributed by atoms with Gasteiger partial charge in [0.2, 0.25) is 5.91 Å². The van der Waals surface area contributed by atoms with E-state index >= 15 is 0 Å². The van der Waals surface area contributed by atoms with Crippen molar-refractivity contribution in [3.8, 4) is 0 Å². The Kier molecular flexibility index (Phi) is 4.72. The summed E-state index contributed by atoms with van der Waals surface area (Å²) in [5, 5.41) is 7.96. The first kappa shape index (κ1) is 16.3. The minimum absolute atomic E-state index is 0.253. The van der Waals surface area contributed by atoms with Gasteiger partial charge in [-0.3, -0.25) is 4.79 Å². The Hall–Kier alpha value is -2.06. The molecule has 1 aliphatic heterocycles. The fourth-order valence-corrected chi connectivity index (χ4v) is 2.21. The molecular formula is C13H18F3N5O. The largest absolute Gasteiger partial charge is 0.397 e. The van der Waals surface area contributed by atoms with Gasteiger partial charge in [-0.1, -0.05) is 0 Å². The summed E-state index contributed by atoms with van der Waals surface area (Å²) in [5.41, 5.74) is 0.889. The molecule has 22 heavy (non-hydrogen) atoms. The van der Waals surface area contributed by atoms with E-state index in [4.69, 9.17) is 0 Å². The van der Waals surface area contributed by atoms with Gasteiger partial charge >= 0.3 is 6.18 Å². The van der Waals surface area contributed by atoms with Crippen molar-refractivity contribution in [2.45, 2.75) is 12.6 Å². The second-order valence-electron chi connectivity index (χ2n) is 5.33. The monoisotopic (exact) mass is 317 g/mol. The summed E-state index contributed by atoms with van der Waals surface area (Å²) in [5.74, 6) is -0.214. The van der Waals surface area contributed by atoms with Gasteiger partial charge in [0.1, 0.15) is 6.42 Å². The Morgan fingerprint density at radius 3 is 2.45 bits per heavy atom. The van der Waals surface area contributed by atoms with Crippen molar-refractivity contribution in [3.05, 3.63) is 12.3 Å². The fourth-order valence-electron chi connectivity index (χ4n) is 2.21. The van der Waals surface area contributed by atoms with E-state index in [9.17, 15) is 18.0 Å². The highest BCUT2D eigenvalue weighted by Gasteiger charge is 2.34. The number of rotatable bonds is 3. The number of hydrogen-bond acceptors (Lipinski definition) is 5. The highest BCUT2D eigenvalue weighted by Crippen LogP contribution is 2.22. The van der Waals surface area contributed by atoms with Crippen LogP contribution in [0.25, 0.3) is 0 Å². The molecule has 0 spiro atoms. The zero-order valence-electron chi connectivity index (χ0n) is 12.5. The Labute approximate surface area is 126 Å². The van der Waals surface area contributed by atoms with Crippen LogP contribution >= 0.6 is 0 Å². The molecule has 9 heteroatoms. The highest BCUT2D eigenvalue weighted by atomic mass is 19.4. The number of amides is 1.